The smallest absolute Gasteiger partial charge is 0.275 e. The van der Waals surface area contributed by atoms with Crippen molar-refractivity contribution in [3.63, 3.8) is 0 Å². The van der Waals surface area contributed by atoms with Gasteiger partial charge in [-0.3, -0.25) is 9.59 Å². The molecule has 1 aliphatic carbocycles. The zero-order chi connectivity index (χ0) is 24.4. The molecular formula is C29H34N4O2. The van der Waals surface area contributed by atoms with Crippen molar-refractivity contribution in [3.05, 3.63) is 82.3 Å². The van der Waals surface area contributed by atoms with Gasteiger partial charge in [0.15, 0.2) is 0 Å². The number of pyridine rings is 1. The van der Waals surface area contributed by atoms with Crippen LogP contribution in [0.3, 0.4) is 0 Å². The molecule has 0 bridgehead atoms. The Bertz CT molecular complexity index is 1400. The van der Waals surface area contributed by atoms with Crippen molar-refractivity contribution in [2.75, 3.05) is 20.1 Å². The van der Waals surface area contributed by atoms with E-state index >= 15 is 0 Å². The molecule has 0 radical (unpaired) electrons. The minimum atomic E-state index is -0.108. The zero-order valence-electron chi connectivity index (χ0n) is 20.7. The van der Waals surface area contributed by atoms with Gasteiger partial charge in [0.25, 0.3) is 11.5 Å². The second kappa shape index (κ2) is 10.1. The molecule has 6 nitrogen and oxygen atoms in total. The standard InChI is InChI=1S/C29H34N4O2/c1-31(19-21-11-4-3-5-12-21)18-10-17-30-28(34)24-20-33(22-13-6-7-14-22)29(35)27-26(24)23-15-8-9-16-25(23)32(27)2/h3-5,8-9,11-12,15-16,20,22H,6-7,10,13-14,17-19H2,1-2H3,(H,30,34). The van der Waals surface area contributed by atoms with Gasteiger partial charge in [0, 0.05) is 48.7 Å². The van der Waals surface area contributed by atoms with E-state index < -0.39 is 0 Å². The van der Waals surface area contributed by atoms with E-state index in [1.165, 1.54) is 5.56 Å². The van der Waals surface area contributed by atoms with Crippen molar-refractivity contribution in [3.8, 4) is 0 Å². The summed E-state index contributed by atoms with van der Waals surface area (Å²) in [5.74, 6) is -0.108. The summed E-state index contributed by atoms with van der Waals surface area (Å²) >= 11 is 0. The van der Waals surface area contributed by atoms with Crippen molar-refractivity contribution < 1.29 is 4.79 Å². The van der Waals surface area contributed by atoms with Gasteiger partial charge >= 0.3 is 0 Å². The monoisotopic (exact) mass is 470 g/mol. The lowest BCUT2D eigenvalue weighted by molar-refractivity contribution is 0.0952. The van der Waals surface area contributed by atoms with Gasteiger partial charge in [-0.2, -0.15) is 0 Å². The molecular weight excluding hydrogens is 436 g/mol. The average Bonchev–Trinajstić information content (AvgIpc) is 3.50. The lowest BCUT2D eigenvalue weighted by Crippen LogP contribution is -2.31. The van der Waals surface area contributed by atoms with Crippen LogP contribution in [0.4, 0.5) is 0 Å². The van der Waals surface area contributed by atoms with E-state index in [1.54, 1.807) is 0 Å². The molecule has 5 rings (SSSR count). The highest BCUT2D eigenvalue weighted by atomic mass is 16.2. The van der Waals surface area contributed by atoms with Gasteiger partial charge in [0.05, 0.1) is 5.56 Å². The number of nitrogens with one attached hydrogen (secondary N) is 1. The Morgan fingerprint density at radius 2 is 1.77 bits per heavy atom. The normalized spacial score (nSPS) is 14.4. The third-order valence-electron chi connectivity index (χ3n) is 7.34. The van der Waals surface area contributed by atoms with Crippen LogP contribution in [-0.4, -0.2) is 40.1 Å². The third-order valence-corrected chi connectivity index (χ3v) is 7.34. The molecule has 0 saturated heterocycles. The molecule has 0 atom stereocenters. The molecule has 1 aliphatic rings. The van der Waals surface area contributed by atoms with E-state index in [0.29, 0.717) is 17.6 Å². The van der Waals surface area contributed by atoms with Crippen LogP contribution in [0.15, 0.2) is 65.6 Å². The number of fused-ring (bicyclic) bond motifs is 3. The maximum Gasteiger partial charge on any atom is 0.275 e. The molecule has 182 valence electrons. The molecule has 1 saturated carbocycles. The highest BCUT2D eigenvalue weighted by molar-refractivity contribution is 6.17. The summed E-state index contributed by atoms with van der Waals surface area (Å²) in [5, 5.41) is 4.85. The van der Waals surface area contributed by atoms with Crippen LogP contribution in [-0.2, 0) is 13.6 Å². The molecule has 2 heterocycles. The third kappa shape index (κ3) is 4.63. The Morgan fingerprint density at radius 3 is 2.54 bits per heavy atom. The fourth-order valence-electron chi connectivity index (χ4n) is 5.55. The van der Waals surface area contributed by atoms with Gasteiger partial charge in [0.2, 0.25) is 0 Å². The fourth-order valence-corrected chi connectivity index (χ4v) is 5.55. The van der Waals surface area contributed by atoms with Gasteiger partial charge < -0.3 is 19.4 Å². The summed E-state index contributed by atoms with van der Waals surface area (Å²) in [6, 6.07) is 18.5. The molecule has 0 spiro atoms. The number of amides is 1. The van der Waals surface area contributed by atoms with E-state index in [0.717, 1.165) is 61.5 Å². The Hall–Kier alpha value is -3.38. The van der Waals surface area contributed by atoms with Crippen LogP contribution >= 0.6 is 0 Å². The molecule has 0 aliphatic heterocycles. The van der Waals surface area contributed by atoms with Crippen LogP contribution in [0.25, 0.3) is 21.8 Å². The summed E-state index contributed by atoms with van der Waals surface area (Å²) < 4.78 is 3.78. The summed E-state index contributed by atoms with van der Waals surface area (Å²) in [5.41, 5.74) is 3.48. The number of benzene rings is 2. The van der Waals surface area contributed by atoms with Crippen LogP contribution in [0, 0.1) is 0 Å². The van der Waals surface area contributed by atoms with E-state index in [1.807, 2.05) is 52.7 Å². The van der Waals surface area contributed by atoms with Crippen molar-refractivity contribution in [1.82, 2.24) is 19.4 Å². The average molecular weight is 471 g/mol. The van der Waals surface area contributed by atoms with Gasteiger partial charge in [-0.1, -0.05) is 61.4 Å². The number of carbonyl (C=O) groups excluding carboxylic acids is 1. The second-order valence-electron chi connectivity index (χ2n) is 9.83. The van der Waals surface area contributed by atoms with Gasteiger partial charge in [0.1, 0.15) is 5.52 Å². The van der Waals surface area contributed by atoms with Gasteiger partial charge in [-0.25, -0.2) is 0 Å². The molecule has 1 N–H and O–H groups in total. The molecule has 0 unspecified atom stereocenters. The minimum Gasteiger partial charge on any atom is -0.352 e. The predicted molar refractivity (Wildman–Crippen MR) is 142 cm³/mol. The zero-order valence-corrected chi connectivity index (χ0v) is 20.7. The molecule has 6 heteroatoms. The van der Waals surface area contributed by atoms with E-state index in [-0.39, 0.29) is 17.5 Å². The number of carbonyl (C=O) groups is 1. The first-order chi connectivity index (χ1) is 17.0. The molecule has 4 aromatic rings. The van der Waals surface area contributed by atoms with Crippen LogP contribution < -0.4 is 10.9 Å². The highest BCUT2D eigenvalue weighted by Gasteiger charge is 2.25. The number of nitrogens with zero attached hydrogens (tertiary/aromatic N) is 3. The van der Waals surface area contributed by atoms with Crippen LogP contribution in [0.1, 0.15) is 54.1 Å². The van der Waals surface area contributed by atoms with Gasteiger partial charge in [-0.05, 0) is 44.5 Å². The Balaban J connectivity index is 1.38. The first-order valence-corrected chi connectivity index (χ1v) is 12.7. The van der Waals surface area contributed by atoms with Crippen molar-refractivity contribution >= 4 is 27.7 Å². The molecule has 1 amide bonds. The highest BCUT2D eigenvalue weighted by Crippen LogP contribution is 2.33. The lowest BCUT2D eigenvalue weighted by atomic mass is 10.1. The molecule has 35 heavy (non-hydrogen) atoms. The first-order valence-electron chi connectivity index (χ1n) is 12.7. The fraction of sp³-hybridized carbons (Fsp3) is 0.379. The van der Waals surface area contributed by atoms with Gasteiger partial charge in [-0.15, -0.1) is 0 Å². The van der Waals surface area contributed by atoms with Crippen molar-refractivity contribution in [2.24, 2.45) is 7.05 Å². The van der Waals surface area contributed by atoms with Crippen molar-refractivity contribution in [1.29, 1.82) is 0 Å². The second-order valence-corrected chi connectivity index (χ2v) is 9.83. The molecule has 2 aromatic heterocycles. The molecule has 2 aromatic carbocycles. The summed E-state index contributed by atoms with van der Waals surface area (Å²) in [6.07, 6.45) is 6.92. The number of aromatic nitrogens is 2. The topological polar surface area (TPSA) is 59.3 Å². The predicted octanol–water partition coefficient (Wildman–Crippen LogP) is 4.86. The largest absolute Gasteiger partial charge is 0.352 e. The number of aryl methyl sites for hydroxylation is 1. The SMILES string of the molecule is CN(CCCNC(=O)c1cn(C2CCCC2)c(=O)c2c1c1ccccc1n2C)Cc1ccccc1. The maximum atomic E-state index is 13.6. The van der Waals surface area contributed by atoms with E-state index in [2.05, 4.69) is 41.5 Å². The number of rotatable bonds is 8. The Labute approximate surface area is 206 Å². The van der Waals surface area contributed by atoms with E-state index in [9.17, 15) is 9.59 Å². The quantitative estimate of drug-likeness (QED) is 0.374. The van der Waals surface area contributed by atoms with E-state index in [4.69, 9.17) is 0 Å². The maximum absolute atomic E-state index is 13.6. The number of para-hydroxylation sites is 1. The summed E-state index contributed by atoms with van der Waals surface area (Å²) in [7, 11) is 4.03. The minimum absolute atomic E-state index is 0.00434. The van der Waals surface area contributed by atoms with Crippen LogP contribution in [0.5, 0.6) is 0 Å². The summed E-state index contributed by atoms with van der Waals surface area (Å²) in [4.78, 5) is 29.3. The van der Waals surface area contributed by atoms with Crippen molar-refractivity contribution in [2.45, 2.75) is 44.7 Å². The molecule has 1 fully saturated rings. The first kappa shape index (κ1) is 23.4. The Morgan fingerprint density at radius 1 is 1.06 bits per heavy atom. The van der Waals surface area contributed by atoms with Crippen LogP contribution in [0.2, 0.25) is 0 Å². The number of hydrogen-bond acceptors (Lipinski definition) is 3. The summed E-state index contributed by atoms with van der Waals surface area (Å²) in [6.45, 7) is 2.37. The number of hydrogen-bond donors (Lipinski definition) is 1. The lowest BCUT2D eigenvalue weighted by Gasteiger charge is -2.18. The Kier molecular flexibility index (Phi) is 6.73.